The minimum Gasteiger partial charge on any atom is -0.381 e. The molecule has 4 heteroatoms. The monoisotopic (exact) mass is 324 g/mol. The lowest BCUT2D eigenvalue weighted by Gasteiger charge is -2.13. The highest BCUT2D eigenvalue weighted by Gasteiger charge is 2.07. The number of nitrogens with zero attached hydrogens (tertiary/aromatic N) is 2. The third kappa shape index (κ3) is 4.97. The molecule has 1 rings (SSSR count). The van der Waals surface area contributed by atoms with Gasteiger partial charge >= 0.3 is 0 Å². The molecule has 1 aromatic heterocycles. The molecule has 88 valence electrons. The van der Waals surface area contributed by atoms with Gasteiger partial charge in [0.05, 0.1) is 6.10 Å². The molecule has 0 aliphatic heterocycles. The Morgan fingerprint density at radius 1 is 1.47 bits per heavy atom. The maximum Gasteiger partial charge on any atom is 0.108 e. The van der Waals surface area contributed by atoms with Crippen molar-refractivity contribution in [2.45, 2.75) is 38.7 Å². The zero-order chi connectivity index (χ0) is 10.4. The molecule has 15 heavy (non-hydrogen) atoms. The second-order valence-electron chi connectivity index (χ2n) is 3.64. The number of halogens is 1. The first-order valence-electron chi connectivity index (χ1n) is 5.27. The van der Waals surface area contributed by atoms with E-state index in [0.717, 1.165) is 25.1 Å². The van der Waals surface area contributed by atoms with E-state index in [4.69, 9.17) is 4.74 Å². The summed E-state index contributed by atoms with van der Waals surface area (Å²) in [6.07, 6.45) is 8.60. The Morgan fingerprint density at radius 3 is 2.67 bits per heavy atom. The number of hydrogen-bond acceptors (Lipinski definition) is 2. The van der Waals surface area contributed by atoms with Gasteiger partial charge < -0.3 is 9.30 Å². The van der Waals surface area contributed by atoms with Gasteiger partial charge in [-0.05, 0) is 12.8 Å². The lowest BCUT2D eigenvalue weighted by molar-refractivity contribution is 0.0870. The molecule has 1 unspecified atom stereocenters. The molecule has 0 aromatic carbocycles. The number of imidazole rings is 1. The predicted molar refractivity (Wildman–Crippen MR) is 72.6 cm³/mol. The topological polar surface area (TPSA) is 27.1 Å². The van der Waals surface area contributed by atoms with Crippen molar-refractivity contribution in [3.63, 3.8) is 0 Å². The molecule has 0 saturated heterocycles. The molecular formula is C11H21IN2O. The summed E-state index contributed by atoms with van der Waals surface area (Å²) in [5.74, 6) is 1.14. The lowest BCUT2D eigenvalue weighted by atomic mass is 10.1. The van der Waals surface area contributed by atoms with E-state index in [0.29, 0.717) is 6.10 Å². The maximum atomic E-state index is 5.39. The van der Waals surface area contributed by atoms with Gasteiger partial charge in [-0.3, -0.25) is 0 Å². The Bertz CT molecular complexity index is 263. The third-order valence-electron chi connectivity index (χ3n) is 2.55. The van der Waals surface area contributed by atoms with Crippen LogP contribution in [0.3, 0.4) is 0 Å². The van der Waals surface area contributed by atoms with Gasteiger partial charge in [-0.15, -0.1) is 24.0 Å². The third-order valence-corrected chi connectivity index (χ3v) is 2.55. The van der Waals surface area contributed by atoms with Crippen molar-refractivity contribution in [1.29, 1.82) is 0 Å². The summed E-state index contributed by atoms with van der Waals surface area (Å²) in [7, 11) is 3.82. The Morgan fingerprint density at radius 2 is 2.20 bits per heavy atom. The van der Waals surface area contributed by atoms with Crippen LogP contribution in [-0.4, -0.2) is 22.8 Å². The van der Waals surface area contributed by atoms with Crippen molar-refractivity contribution in [1.82, 2.24) is 9.55 Å². The molecule has 0 amide bonds. The molecule has 1 atom stereocenters. The first kappa shape index (κ1) is 14.9. The molecule has 0 aliphatic rings. The van der Waals surface area contributed by atoms with E-state index in [-0.39, 0.29) is 24.0 Å². The lowest BCUT2D eigenvalue weighted by Crippen LogP contribution is -2.12. The highest BCUT2D eigenvalue weighted by molar-refractivity contribution is 14.0. The number of hydrogen-bond donors (Lipinski definition) is 0. The Labute approximate surface area is 109 Å². The second kappa shape index (κ2) is 8.10. The van der Waals surface area contributed by atoms with Crippen molar-refractivity contribution in [3.05, 3.63) is 18.2 Å². The summed E-state index contributed by atoms with van der Waals surface area (Å²) < 4.78 is 7.46. The normalized spacial score (nSPS) is 12.2. The molecule has 0 radical (unpaired) electrons. The predicted octanol–water partition coefficient (Wildman–Crippen LogP) is 2.79. The van der Waals surface area contributed by atoms with Crippen LogP contribution in [0.25, 0.3) is 0 Å². The molecule has 0 bridgehead atoms. The molecule has 0 N–H and O–H groups in total. The summed E-state index contributed by atoms with van der Waals surface area (Å²) in [6.45, 7) is 2.19. The van der Waals surface area contributed by atoms with Gasteiger partial charge in [-0.25, -0.2) is 4.98 Å². The fourth-order valence-corrected chi connectivity index (χ4v) is 1.63. The Balaban J connectivity index is 0.00000196. The van der Waals surface area contributed by atoms with Gasteiger partial charge in [-0.1, -0.05) is 13.3 Å². The van der Waals surface area contributed by atoms with Crippen molar-refractivity contribution >= 4 is 24.0 Å². The molecule has 3 nitrogen and oxygen atoms in total. The summed E-state index contributed by atoms with van der Waals surface area (Å²) >= 11 is 0. The Kier molecular flexibility index (Phi) is 8.04. The number of rotatable bonds is 6. The summed E-state index contributed by atoms with van der Waals surface area (Å²) in [5, 5.41) is 0. The molecule has 0 spiro atoms. The maximum absolute atomic E-state index is 5.39. The van der Waals surface area contributed by atoms with E-state index in [1.54, 1.807) is 7.11 Å². The van der Waals surface area contributed by atoms with Crippen molar-refractivity contribution < 1.29 is 4.74 Å². The minimum atomic E-state index is 0. The average Bonchev–Trinajstić information content (AvgIpc) is 2.59. The molecule has 0 saturated carbocycles. The fourth-order valence-electron chi connectivity index (χ4n) is 1.63. The van der Waals surface area contributed by atoms with Gasteiger partial charge in [0, 0.05) is 33.0 Å². The Hall–Kier alpha value is -0.100. The smallest absolute Gasteiger partial charge is 0.108 e. The first-order chi connectivity index (χ1) is 6.77. The summed E-state index contributed by atoms with van der Waals surface area (Å²) in [6, 6.07) is 0. The summed E-state index contributed by atoms with van der Waals surface area (Å²) in [5.41, 5.74) is 0. The van der Waals surface area contributed by atoms with Crippen LogP contribution < -0.4 is 0 Å². The zero-order valence-electron chi connectivity index (χ0n) is 9.77. The van der Waals surface area contributed by atoms with E-state index in [1.165, 1.54) is 6.42 Å². The van der Waals surface area contributed by atoms with Crippen LogP contribution >= 0.6 is 24.0 Å². The summed E-state index contributed by atoms with van der Waals surface area (Å²) in [4.78, 5) is 4.29. The van der Waals surface area contributed by atoms with Crippen LogP contribution in [0.15, 0.2) is 12.4 Å². The average molecular weight is 324 g/mol. The molecule has 0 fully saturated rings. The van der Waals surface area contributed by atoms with Crippen LogP contribution in [0.5, 0.6) is 0 Å². The van der Waals surface area contributed by atoms with E-state index in [1.807, 2.05) is 19.4 Å². The quantitative estimate of drug-likeness (QED) is 0.753. The number of methoxy groups -OCH3 is 1. The largest absolute Gasteiger partial charge is 0.381 e. The van der Waals surface area contributed by atoms with E-state index in [2.05, 4.69) is 16.5 Å². The molecule has 1 heterocycles. The second-order valence-corrected chi connectivity index (χ2v) is 3.64. The van der Waals surface area contributed by atoms with Gasteiger partial charge in [-0.2, -0.15) is 0 Å². The highest BCUT2D eigenvalue weighted by atomic mass is 127. The molecular weight excluding hydrogens is 303 g/mol. The van der Waals surface area contributed by atoms with Crippen molar-refractivity contribution in [3.8, 4) is 0 Å². The van der Waals surface area contributed by atoms with Crippen LogP contribution in [-0.2, 0) is 18.2 Å². The van der Waals surface area contributed by atoms with Gasteiger partial charge in [0.15, 0.2) is 0 Å². The van der Waals surface area contributed by atoms with Crippen molar-refractivity contribution in [2.75, 3.05) is 7.11 Å². The van der Waals surface area contributed by atoms with Crippen LogP contribution in [0, 0.1) is 0 Å². The molecule has 1 aromatic rings. The number of ether oxygens (including phenoxy) is 1. The minimum absolute atomic E-state index is 0. The number of aryl methyl sites for hydroxylation is 2. The number of aromatic nitrogens is 2. The van der Waals surface area contributed by atoms with Crippen LogP contribution in [0.2, 0.25) is 0 Å². The molecule has 0 aliphatic carbocycles. The fraction of sp³-hybridized carbons (Fsp3) is 0.727. The van der Waals surface area contributed by atoms with Crippen LogP contribution in [0.1, 0.15) is 32.0 Å². The van der Waals surface area contributed by atoms with E-state index in [9.17, 15) is 0 Å². The van der Waals surface area contributed by atoms with Gasteiger partial charge in [0.1, 0.15) is 5.82 Å². The van der Waals surface area contributed by atoms with E-state index >= 15 is 0 Å². The van der Waals surface area contributed by atoms with Crippen LogP contribution in [0.4, 0.5) is 0 Å². The highest BCUT2D eigenvalue weighted by Crippen LogP contribution is 2.09. The first-order valence-corrected chi connectivity index (χ1v) is 5.27. The van der Waals surface area contributed by atoms with E-state index < -0.39 is 0 Å². The zero-order valence-corrected chi connectivity index (χ0v) is 12.1. The standard InChI is InChI=1S/C11H20N2O.HI/c1-4-5-10(14-3)6-7-11-12-8-9-13(11)2;/h8-10H,4-7H2,1-3H3;1H. The van der Waals surface area contributed by atoms with Crippen molar-refractivity contribution in [2.24, 2.45) is 7.05 Å². The SMILES string of the molecule is CCCC(CCc1nccn1C)OC.I. The van der Waals surface area contributed by atoms with Gasteiger partial charge in [0.25, 0.3) is 0 Å². The van der Waals surface area contributed by atoms with Gasteiger partial charge in [0.2, 0.25) is 0 Å².